The normalized spacial score (nSPS) is 18.7. The van der Waals surface area contributed by atoms with Crippen molar-refractivity contribution in [2.45, 2.75) is 18.3 Å². The van der Waals surface area contributed by atoms with Gasteiger partial charge in [-0.3, -0.25) is 0 Å². The van der Waals surface area contributed by atoms with Crippen LogP contribution in [0.5, 0.6) is 0 Å². The van der Waals surface area contributed by atoms with E-state index in [2.05, 4.69) is 23.6 Å². The molecule has 2 heterocycles. The molecule has 64 valence electrons. The maximum atomic E-state index is 9.03. The molecule has 1 saturated carbocycles. The van der Waals surface area contributed by atoms with Gasteiger partial charge in [-0.15, -0.1) is 22.7 Å². The third-order valence-corrected chi connectivity index (χ3v) is 4.87. The van der Waals surface area contributed by atoms with E-state index < -0.39 is 0 Å². The zero-order valence-corrected chi connectivity index (χ0v) is 8.54. The predicted molar refractivity (Wildman–Crippen MR) is 56.2 cm³/mol. The van der Waals surface area contributed by atoms with E-state index >= 15 is 0 Å². The Morgan fingerprint density at radius 2 is 2.23 bits per heavy atom. The van der Waals surface area contributed by atoms with Crippen LogP contribution >= 0.6 is 22.7 Å². The van der Waals surface area contributed by atoms with Crippen LogP contribution in [-0.4, -0.2) is 0 Å². The van der Waals surface area contributed by atoms with Gasteiger partial charge in [0.15, 0.2) is 0 Å². The Morgan fingerprint density at radius 1 is 1.38 bits per heavy atom. The van der Waals surface area contributed by atoms with Crippen molar-refractivity contribution in [3.05, 3.63) is 22.4 Å². The number of nitrogens with zero attached hydrogens (tertiary/aromatic N) is 1. The molecule has 2 aromatic heterocycles. The molecule has 0 spiro atoms. The van der Waals surface area contributed by atoms with Crippen molar-refractivity contribution in [2.24, 2.45) is 0 Å². The first-order valence-electron chi connectivity index (χ1n) is 4.23. The van der Waals surface area contributed by atoms with E-state index in [1.807, 2.05) is 0 Å². The first-order valence-corrected chi connectivity index (χ1v) is 5.92. The van der Waals surface area contributed by atoms with E-state index in [9.17, 15) is 0 Å². The van der Waals surface area contributed by atoms with Crippen LogP contribution in [0.2, 0.25) is 0 Å². The molecular weight excluding hydrogens is 198 g/mol. The molecule has 0 atom stereocenters. The molecule has 0 aliphatic heterocycles. The predicted octanol–water partition coefficient (Wildman–Crippen LogP) is 3.52. The molecule has 0 radical (unpaired) electrons. The number of fused-ring (bicyclic) bond motifs is 1. The smallest absolute Gasteiger partial charge is 0.0916 e. The van der Waals surface area contributed by atoms with Gasteiger partial charge in [0.1, 0.15) is 0 Å². The molecule has 1 nitrogen and oxygen atoms in total. The lowest BCUT2D eigenvalue weighted by Gasteiger charge is -1.98. The average molecular weight is 205 g/mol. The van der Waals surface area contributed by atoms with Gasteiger partial charge >= 0.3 is 0 Å². The molecule has 13 heavy (non-hydrogen) atoms. The van der Waals surface area contributed by atoms with Gasteiger partial charge in [-0.05, 0) is 30.4 Å². The second-order valence-electron chi connectivity index (χ2n) is 3.45. The van der Waals surface area contributed by atoms with Crippen LogP contribution < -0.4 is 0 Å². The van der Waals surface area contributed by atoms with Crippen LogP contribution in [0, 0.1) is 11.3 Å². The number of rotatable bonds is 1. The van der Waals surface area contributed by atoms with Crippen molar-refractivity contribution < 1.29 is 0 Å². The average Bonchev–Trinajstić information content (AvgIpc) is 2.63. The second kappa shape index (κ2) is 2.34. The van der Waals surface area contributed by atoms with Crippen LogP contribution in [0.3, 0.4) is 0 Å². The summed E-state index contributed by atoms with van der Waals surface area (Å²) >= 11 is 3.55. The summed E-state index contributed by atoms with van der Waals surface area (Å²) in [5.74, 6) is 0. The molecule has 3 heteroatoms. The highest BCUT2D eigenvalue weighted by Gasteiger charge is 2.46. The van der Waals surface area contributed by atoms with Gasteiger partial charge in [-0.25, -0.2) is 0 Å². The lowest BCUT2D eigenvalue weighted by atomic mass is 10.1. The molecule has 0 N–H and O–H groups in total. The van der Waals surface area contributed by atoms with Crippen molar-refractivity contribution in [1.82, 2.24) is 0 Å². The Bertz CT molecular complexity index is 468. The van der Waals surface area contributed by atoms with E-state index in [0.29, 0.717) is 0 Å². The van der Waals surface area contributed by atoms with E-state index in [0.717, 1.165) is 12.8 Å². The van der Waals surface area contributed by atoms with Crippen molar-refractivity contribution in [1.29, 1.82) is 5.26 Å². The maximum Gasteiger partial charge on any atom is 0.0916 e. The lowest BCUT2D eigenvalue weighted by molar-refractivity contribution is 0.938. The summed E-state index contributed by atoms with van der Waals surface area (Å²) in [4.78, 5) is 1.27. The fraction of sp³-hybridized carbons (Fsp3) is 0.300. The quantitative estimate of drug-likeness (QED) is 0.698. The molecule has 0 amide bonds. The Morgan fingerprint density at radius 3 is 2.85 bits per heavy atom. The highest BCUT2D eigenvalue weighted by atomic mass is 32.1. The number of nitriles is 1. The standard InChI is InChI=1S/C10H7NS2/c11-6-10(2-3-10)9-5-8-7(13-9)1-4-12-8/h1,4-5H,2-3H2. The zero-order chi connectivity index (χ0) is 8.89. The molecule has 1 aliphatic rings. The third-order valence-electron chi connectivity index (χ3n) is 2.58. The van der Waals surface area contributed by atoms with Gasteiger partial charge in [0.2, 0.25) is 0 Å². The van der Waals surface area contributed by atoms with Crippen LogP contribution in [0.25, 0.3) is 9.40 Å². The Labute approximate surface area is 84.2 Å². The molecular formula is C10H7NS2. The van der Waals surface area contributed by atoms with Gasteiger partial charge in [0, 0.05) is 14.3 Å². The minimum atomic E-state index is -0.0938. The third kappa shape index (κ3) is 0.962. The summed E-state index contributed by atoms with van der Waals surface area (Å²) in [5.41, 5.74) is -0.0938. The van der Waals surface area contributed by atoms with Crippen molar-refractivity contribution in [3.63, 3.8) is 0 Å². The SMILES string of the molecule is N#CC1(c2cc3sccc3s2)CC1. The highest BCUT2D eigenvalue weighted by Crippen LogP contribution is 2.51. The summed E-state index contributed by atoms with van der Waals surface area (Å²) in [6.07, 6.45) is 2.11. The molecule has 0 aromatic carbocycles. The van der Waals surface area contributed by atoms with Gasteiger partial charge in [-0.2, -0.15) is 5.26 Å². The Kier molecular flexibility index (Phi) is 1.36. The zero-order valence-electron chi connectivity index (χ0n) is 6.91. The summed E-state index contributed by atoms with van der Waals surface area (Å²) in [5, 5.41) is 11.1. The molecule has 0 saturated heterocycles. The van der Waals surface area contributed by atoms with Gasteiger partial charge in [0.05, 0.1) is 11.5 Å². The van der Waals surface area contributed by atoms with E-state index in [-0.39, 0.29) is 5.41 Å². The van der Waals surface area contributed by atoms with Crippen LogP contribution in [0.15, 0.2) is 17.5 Å². The monoisotopic (exact) mass is 205 g/mol. The first kappa shape index (κ1) is 7.54. The minimum Gasteiger partial charge on any atom is -0.197 e. The summed E-state index contributed by atoms with van der Waals surface area (Å²) in [6, 6.07) is 6.77. The van der Waals surface area contributed by atoms with Crippen LogP contribution in [-0.2, 0) is 5.41 Å². The summed E-state index contributed by atoms with van der Waals surface area (Å²) in [6.45, 7) is 0. The number of hydrogen-bond acceptors (Lipinski definition) is 3. The van der Waals surface area contributed by atoms with Crippen molar-refractivity contribution >= 4 is 32.1 Å². The number of hydrogen-bond donors (Lipinski definition) is 0. The largest absolute Gasteiger partial charge is 0.197 e. The minimum absolute atomic E-state index is 0.0938. The molecule has 2 aromatic rings. The van der Waals surface area contributed by atoms with Crippen molar-refractivity contribution in [3.8, 4) is 6.07 Å². The summed E-state index contributed by atoms with van der Waals surface area (Å²) < 4.78 is 2.67. The number of thiophene rings is 2. The molecule has 0 bridgehead atoms. The lowest BCUT2D eigenvalue weighted by Crippen LogP contribution is -1.97. The van der Waals surface area contributed by atoms with Crippen molar-refractivity contribution in [2.75, 3.05) is 0 Å². The van der Waals surface area contributed by atoms with Crippen LogP contribution in [0.4, 0.5) is 0 Å². The molecule has 3 rings (SSSR count). The first-order chi connectivity index (χ1) is 6.34. The Balaban J connectivity index is 2.19. The summed E-state index contributed by atoms with van der Waals surface area (Å²) in [7, 11) is 0. The van der Waals surface area contributed by atoms with E-state index in [1.165, 1.54) is 14.3 Å². The van der Waals surface area contributed by atoms with Gasteiger partial charge in [0.25, 0.3) is 0 Å². The van der Waals surface area contributed by atoms with Crippen LogP contribution in [0.1, 0.15) is 17.7 Å². The van der Waals surface area contributed by atoms with E-state index in [1.54, 1.807) is 22.7 Å². The molecule has 1 aliphatic carbocycles. The fourth-order valence-corrected chi connectivity index (χ4v) is 3.85. The Hall–Kier alpha value is -0.850. The topological polar surface area (TPSA) is 23.8 Å². The van der Waals surface area contributed by atoms with Gasteiger partial charge in [-0.1, -0.05) is 0 Å². The molecule has 0 unspecified atom stereocenters. The highest BCUT2D eigenvalue weighted by molar-refractivity contribution is 7.27. The fourth-order valence-electron chi connectivity index (χ4n) is 1.54. The maximum absolute atomic E-state index is 9.03. The van der Waals surface area contributed by atoms with E-state index in [4.69, 9.17) is 5.26 Å². The van der Waals surface area contributed by atoms with Gasteiger partial charge < -0.3 is 0 Å². The second-order valence-corrected chi connectivity index (χ2v) is 5.49. The molecule has 1 fully saturated rings.